The number of hydrogen-bond donors (Lipinski definition) is 2. The molecule has 9 heteroatoms. The summed E-state index contributed by atoms with van der Waals surface area (Å²) in [6.07, 6.45) is -1.15. The Labute approximate surface area is 297 Å². The molecule has 5 nitrogen and oxygen atoms in total. The highest BCUT2D eigenvalue weighted by molar-refractivity contribution is 6.69. The van der Waals surface area contributed by atoms with Crippen LogP contribution in [0, 0.1) is 0 Å². The lowest BCUT2D eigenvalue weighted by atomic mass is 9.91. The molecule has 0 spiro atoms. The maximum absolute atomic E-state index is 15.5. The average molecular weight is 705 g/mol. The quantitative estimate of drug-likeness (QED) is 0.195. The topological polar surface area (TPSA) is 66.6 Å². The zero-order chi connectivity index (χ0) is 36.7. The smallest absolute Gasteiger partial charge is 0.403 e. The van der Waals surface area contributed by atoms with Crippen LogP contribution in [-0.2, 0) is 30.1 Å². The van der Waals surface area contributed by atoms with Gasteiger partial charge in [0.25, 0.3) is 0 Å². The SMILES string of the molecule is CCC1=C(CC)c2nc1cc1[nH]c(cc3[nH]c(cc4nc(c2C(O[Si](C)(C)C)C(F)(F)F)C(CC)=C4CC)c(CC)c3CC)c(CC)c1CC. The number of hydrogen-bond acceptors (Lipinski definition) is 3. The third kappa shape index (κ3) is 6.80. The van der Waals surface area contributed by atoms with Gasteiger partial charge in [0.2, 0.25) is 0 Å². The van der Waals surface area contributed by atoms with Crippen LogP contribution in [0.3, 0.4) is 0 Å². The molecule has 1 unspecified atom stereocenters. The van der Waals surface area contributed by atoms with Crippen LogP contribution >= 0.6 is 0 Å². The van der Waals surface area contributed by atoms with Gasteiger partial charge in [-0.25, -0.2) is 9.97 Å². The van der Waals surface area contributed by atoms with E-state index in [9.17, 15) is 0 Å². The van der Waals surface area contributed by atoms with E-state index in [1.165, 1.54) is 22.3 Å². The van der Waals surface area contributed by atoms with Crippen molar-refractivity contribution in [2.45, 2.75) is 139 Å². The lowest BCUT2D eigenvalue weighted by Gasteiger charge is -2.30. The minimum absolute atomic E-state index is 0.0482. The number of nitrogens with one attached hydrogen (secondary N) is 2. The summed E-state index contributed by atoms with van der Waals surface area (Å²) in [5, 5.41) is 0. The van der Waals surface area contributed by atoms with Gasteiger partial charge >= 0.3 is 6.18 Å². The van der Waals surface area contributed by atoms with E-state index < -0.39 is 20.6 Å². The van der Waals surface area contributed by atoms with Gasteiger partial charge in [-0.3, -0.25) is 0 Å². The summed E-state index contributed by atoms with van der Waals surface area (Å²) in [5.41, 5.74) is 14.7. The van der Waals surface area contributed by atoms with Crippen LogP contribution in [0.1, 0.15) is 138 Å². The van der Waals surface area contributed by atoms with Gasteiger partial charge in [-0.2, -0.15) is 13.2 Å². The van der Waals surface area contributed by atoms with E-state index >= 15 is 13.2 Å². The molecule has 0 amide bonds. The summed E-state index contributed by atoms with van der Waals surface area (Å²) < 4.78 is 52.8. The Bertz CT molecular complexity index is 1880. The van der Waals surface area contributed by atoms with Gasteiger partial charge < -0.3 is 14.4 Å². The number of aromatic nitrogens is 4. The molecular formula is C41H55F3N4OSi. The van der Waals surface area contributed by atoms with Crippen LogP contribution < -0.4 is 0 Å². The van der Waals surface area contributed by atoms with E-state index in [2.05, 4.69) is 69.7 Å². The van der Waals surface area contributed by atoms with E-state index in [0.717, 1.165) is 70.0 Å². The van der Waals surface area contributed by atoms with Crippen LogP contribution in [0.4, 0.5) is 13.2 Å². The summed E-state index contributed by atoms with van der Waals surface area (Å²) in [6.45, 7) is 22.2. The Hall–Kier alpha value is -3.43. The molecule has 2 N–H and O–H groups in total. The standard InChI is InChI=1S/C41H55F3N4OSi/c1-12-23-25(14-3)33-21-35-27(16-5)29(18-7)38(47-35)37(40(41(42,43)44)49-50(9,10)11)39-30(19-8)28(17-6)36(48-39)22-34-26(15-4)24(13-2)32(46-34)20-31(23)45-33/h20-22,40,45-46H,12-19H2,1-11H3. The maximum Gasteiger partial charge on any atom is 0.417 e. The molecule has 0 aliphatic carbocycles. The lowest BCUT2D eigenvalue weighted by Crippen LogP contribution is -2.36. The minimum Gasteiger partial charge on any atom is -0.403 e. The molecule has 0 aromatic carbocycles. The van der Waals surface area contributed by atoms with Gasteiger partial charge in [0.05, 0.1) is 22.8 Å². The fraction of sp³-hybridized carbons (Fsp3) is 0.512. The van der Waals surface area contributed by atoms with E-state index in [1.54, 1.807) is 0 Å². The van der Waals surface area contributed by atoms with Crippen molar-refractivity contribution < 1.29 is 17.6 Å². The molecule has 50 heavy (non-hydrogen) atoms. The monoisotopic (exact) mass is 704 g/mol. The normalized spacial score (nSPS) is 14.7. The molecule has 3 aromatic rings. The summed E-state index contributed by atoms with van der Waals surface area (Å²) in [7, 11) is -2.72. The molecule has 0 saturated carbocycles. The highest BCUT2D eigenvalue weighted by Gasteiger charge is 2.48. The number of aromatic amines is 2. The van der Waals surface area contributed by atoms with Gasteiger partial charge in [-0.1, -0.05) is 55.4 Å². The predicted octanol–water partition coefficient (Wildman–Crippen LogP) is 12.5. The first-order valence-corrected chi connectivity index (χ1v) is 22.1. The summed E-state index contributed by atoms with van der Waals surface area (Å²) in [6, 6.07) is 6.38. The number of aryl methyl sites for hydroxylation is 4. The molecule has 0 radical (unpaired) electrons. The summed E-state index contributed by atoms with van der Waals surface area (Å²) >= 11 is 0. The Morgan fingerprint density at radius 1 is 0.560 bits per heavy atom. The van der Waals surface area contributed by atoms with Crippen LogP contribution in [0.5, 0.6) is 0 Å². The first-order valence-electron chi connectivity index (χ1n) is 18.7. The first-order chi connectivity index (χ1) is 23.7. The number of rotatable bonds is 11. The maximum atomic E-state index is 15.5. The molecule has 2 aliphatic rings. The fourth-order valence-electron chi connectivity index (χ4n) is 8.11. The molecule has 8 bridgehead atoms. The molecule has 270 valence electrons. The molecular weight excluding hydrogens is 650 g/mol. The fourth-order valence-corrected chi connectivity index (χ4v) is 9.07. The van der Waals surface area contributed by atoms with Gasteiger partial charge in [-0.05, 0) is 134 Å². The largest absolute Gasteiger partial charge is 0.417 e. The molecule has 0 fully saturated rings. The van der Waals surface area contributed by atoms with E-state index in [1.807, 2.05) is 33.5 Å². The number of allylic oxidation sites excluding steroid dienone is 4. The second kappa shape index (κ2) is 14.7. The molecule has 1 atom stereocenters. The van der Waals surface area contributed by atoms with Crippen LogP contribution in [0.25, 0.3) is 44.4 Å². The summed E-state index contributed by atoms with van der Waals surface area (Å²) in [5.74, 6) is 0. The molecule has 5 heterocycles. The van der Waals surface area contributed by atoms with Crippen molar-refractivity contribution in [2.24, 2.45) is 0 Å². The molecule has 5 rings (SSSR count). The number of fused-ring (bicyclic) bond motifs is 8. The van der Waals surface area contributed by atoms with Crippen molar-refractivity contribution in [1.29, 1.82) is 0 Å². The highest BCUT2D eigenvalue weighted by atomic mass is 28.4. The summed E-state index contributed by atoms with van der Waals surface area (Å²) in [4.78, 5) is 17.8. The second-order valence-electron chi connectivity index (χ2n) is 14.3. The molecule has 2 aliphatic heterocycles. The number of alkyl halides is 3. The zero-order valence-corrected chi connectivity index (χ0v) is 32.9. The third-order valence-electron chi connectivity index (χ3n) is 10.2. The minimum atomic E-state index is -4.67. The third-order valence-corrected chi connectivity index (χ3v) is 11.1. The Kier molecular flexibility index (Phi) is 11.1. The lowest BCUT2D eigenvalue weighted by molar-refractivity contribution is -0.200. The number of halogens is 3. The Morgan fingerprint density at radius 3 is 1.18 bits per heavy atom. The van der Waals surface area contributed by atoms with Crippen molar-refractivity contribution in [3.05, 3.63) is 68.8 Å². The predicted molar refractivity (Wildman–Crippen MR) is 207 cm³/mol. The van der Waals surface area contributed by atoms with Crippen LogP contribution in [0.2, 0.25) is 19.6 Å². The van der Waals surface area contributed by atoms with Crippen LogP contribution in [-0.4, -0.2) is 34.4 Å². The first kappa shape index (κ1) is 37.8. The van der Waals surface area contributed by atoms with Gasteiger partial charge in [0, 0.05) is 27.6 Å². The van der Waals surface area contributed by atoms with Gasteiger partial charge in [0.1, 0.15) is 0 Å². The van der Waals surface area contributed by atoms with Crippen LogP contribution in [0.15, 0.2) is 18.2 Å². The molecule has 3 aromatic heterocycles. The number of nitrogens with zero attached hydrogens (tertiary/aromatic N) is 2. The van der Waals surface area contributed by atoms with Crippen molar-refractivity contribution in [3.8, 4) is 0 Å². The van der Waals surface area contributed by atoms with Crippen molar-refractivity contribution in [1.82, 2.24) is 19.9 Å². The van der Waals surface area contributed by atoms with E-state index in [0.29, 0.717) is 48.5 Å². The Morgan fingerprint density at radius 2 is 0.900 bits per heavy atom. The zero-order valence-electron chi connectivity index (χ0n) is 31.9. The Balaban J connectivity index is 2.16. The average Bonchev–Trinajstić information content (AvgIpc) is 3.78. The molecule has 0 saturated heterocycles. The number of H-pyrrole nitrogens is 2. The van der Waals surface area contributed by atoms with E-state index in [4.69, 9.17) is 14.4 Å². The highest BCUT2D eigenvalue weighted by Crippen LogP contribution is 2.48. The van der Waals surface area contributed by atoms with Crippen molar-refractivity contribution in [2.75, 3.05) is 0 Å². The van der Waals surface area contributed by atoms with Gasteiger partial charge in [0.15, 0.2) is 14.4 Å². The van der Waals surface area contributed by atoms with E-state index in [-0.39, 0.29) is 5.56 Å². The van der Waals surface area contributed by atoms with Gasteiger partial charge in [-0.15, -0.1) is 0 Å². The van der Waals surface area contributed by atoms with Crippen molar-refractivity contribution in [3.63, 3.8) is 0 Å². The second-order valence-corrected chi connectivity index (χ2v) is 18.7. The van der Waals surface area contributed by atoms with Crippen molar-refractivity contribution >= 4 is 52.7 Å².